The third-order valence-electron chi connectivity index (χ3n) is 6.47. The van der Waals surface area contributed by atoms with Gasteiger partial charge in [0.05, 0.1) is 16.7 Å². The molecule has 0 aromatic heterocycles. The number of anilines is 1. The van der Waals surface area contributed by atoms with Crippen LogP contribution in [0.25, 0.3) is 0 Å². The fourth-order valence-corrected chi connectivity index (χ4v) is 4.92. The van der Waals surface area contributed by atoms with Crippen LogP contribution in [0.1, 0.15) is 31.2 Å². The van der Waals surface area contributed by atoms with Crippen LogP contribution in [0.4, 0.5) is 11.4 Å². The largest absolute Gasteiger partial charge is 0.488 e. The molecule has 2 aliphatic heterocycles. The molecular weight excluding hydrogens is 406 g/mol. The lowest BCUT2D eigenvalue weighted by Crippen LogP contribution is -2.42. The van der Waals surface area contributed by atoms with Crippen LogP contribution in [-0.4, -0.2) is 60.4 Å². The quantitative estimate of drug-likeness (QED) is 0.472. The second kappa shape index (κ2) is 10.8. The molecule has 172 valence electrons. The van der Waals surface area contributed by atoms with Crippen molar-refractivity contribution >= 4 is 11.4 Å². The van der Waals surface area contributed by atoms with Crippen LogP contribution in [-0.2, 0) is 6.42 Å². The number of hydrogen-bond acceptors (Lipinski definition) is 6. The van der Waals surface area contributed by atoms with Crippen molar-refractivity contribution in [3.8, 4) is 5.75 Å². The predicted octanol–water partition coefficient (Wildman–Crippen LogP) is 3.89. The van der Waals surface area contributed by atoms with E-state index in [1.807, 2.05) is 6.07 Å². The van der Waals surface area contributed by atoms with Crippen molar-refractivity contribution in [1.29, 1.82) is 0 Å². The van der Waals surface area contributed by atoms with Gasteiger partial charge in [0.1, 0.15) is 18.5 Å². The van der Waals surface area contributed by atoms with Gasteiger partial charge >= 0.3 is 0 Å². The summed E-state index contributed by atoms with van der Waals surface area (Å²) in [4.78, 5) is 15.3. The van der Waals surface area contributed by atoms with E-state index in [0.29, 0.717) is 18.2 Å². The summed E-state index contributed by atoms with van der Waals surface area (Å²) in [6.45, 7) is 4.49. The van der Waals surface area contributed by atoms with Crippen LogP contribution in [0.5, 0.6) is 5.75 Å². The summed E-state index contributed by atoms with van der Waals surface area (Å²) >= 11 is 0. The molecule has 2 heterocycles. The highest BCUT2D eigenvalue weighted by molar-refractivity contribution is 5.62. The average Bonchev–Trinajstić information content (AvgIpc) is 3.33. The monoisotopic (exact) mass is 439 g/mol. The highest BCUT2D eigenvalue weighted by atomic mass is 16.6. The molecule has 7 nitrogen and oxygen atoms in total. The third kappa shape index (κ3) is 5.99. The zero-order valence-electron chi connectivity index (χ0n) is 18.6. The molecule has 0 spiro atoms. The first-order valence-corrected chi connectivity index (χ1v) is 11.7. The first-order chi connectivity index (χ1) is 15.6. The molecule has 2 aromatic rings. The highest BCUT2D eigenvalue weighted by Gasteiger charge is 2.24. The summed E-state index contributed by atoms with van der Waals surface area (Å²) in [5.41, 5.74) is 2.25. The maximum atomic E-state index is 11.2. The number of piperidine rings is 1. The number of non-ortho nitro benzene ring substituents is 1. The molecule has 2 unspecified atom stereocenters. The van der Waals surface area contributed by atoms with E-state index >= 15 is 0 Å². The molecule has 1 N–H and O–H groups in total. The SMILES string of the molecule is O=[N+]([O-])c1ccc(N2CCCC2)c(OCC(O)CN2CCCC(Cc3ccccc3)C2)c1. The Morgan fingerprint density at radius 3 is 2.62 bits per heavy atom. The Bertz CT molecular complexity index is 886. The van der Waals surface area contributed by atoms with Crippen LogP contribution >= 0.6 is 0 Å². The number of β-amino-alcohol motifs (C(OH)–C–C–N with tert-alkyl or cyclic N) is 1. The minimum atomic E-state index is -0.642. The lowest BCUT2D eigenvalue weighted by atomic mass is 9.91. The second-order valence-corrected chi connectivity index (χ2v) is 9.03. The van der Waals surface area contributed by atoms with Crippen molar-refractivity contribution < 1.29 is 14.8 Å². The number of aliphatic hydroxyl groups is 1. The number of ether oxygens (including phenoxy) is 1. The van der Waals surface area contributed by atoms with E-state index in [1.165, 1.54) is 24.1 Å². The maximum Gasteiger partial charge on any atom is 0.273 e. The Labute approximate surface area is 189 Å². The van der Waals surface area contributed by atoms with Gasteiger partial charge in [0.2, 0.25) is 0 Å². The molecule has 4 rings (SSSR count). The van der Waals surface area contributed by atoms with Gasteiger partial charge in [-0.2, -0.15) is 0 Å². The molecule has 2 saturated heterocycles. The molecule has 0 aliphatic carbocycles. The van der Waals surface area contributed by atoms with Crippen molar-refractivity contribution in [1.82, 2.24) is 4.90 Å². The molecule has 0 saturated carbocycles. The van der Waals surface area contributed by atoms with Gasteiger partial charge in [-0.05, 0) is 56.2 Å². The summed E-state index contributed by atoms with van der Waals surface area (Å²) in [7, 11) is 0. The molecule has 32 heavy (non-hydrogen) atoms. The van der Waals surface area contributed by atoms with Crippen LogP contribution in [0.3, 0.4) is 0 Å². The van der Waals surface area contributed by atoms with Gasteiger partial charge in [-0.15, -0.1) is 0 Å². The number of likely N-dealkylation sites (tertiary alicyclic amines) is 1. The molecule has 2 atom stereocenters. The third-order valence-corrected chi connectivity index (χ3v) is 6.47. The van der Waals surface area contributed by atoms with Crippen LogP contribution < -0.4 is 9.64 Å². The van der Waals surface area contributed by atoms with E-state index in [2.05, 4.69) is 34.1 Å². The Morgan fingerprint density at radius 1 is 1.09 bits per heavy atom. The van der Waals surface area contributed by atoms with Gasteiger partial charge in [0.25, 0.3) is 5.69 Å². The van der Waals surface area contributed by atoms with E-state index in [-0.39, 0.29) is 12.3 Å². The second-order valence-electron chi connectivity index (χ2n) is 9.03. The fraction of sp³-hybridized carbons (Fsp3) is 0.520. The van der Waals surface area contributed by atoms with Crippen molar-refractivity contribution in [3.05, 3.63) is 64.2 Å². The summed E-state index contributed by atoms with van der Waals surface area (Å²) in [6, 6.07) is 15.3. The van der Waals surface area contributed by atoms with Crippen molar-refractivity contribution in [2.75, 3.05) is 44.2 Å². The normalized spacial score (nSPS) is 20.3. The molecule has 7 heteroatoms. The van der Waals surface area contributed by atoms with Gasteiger partial charge in [-0.1, -0.05) is 30.3 Å². The average molecular weight is 440 g/mol. The maximum absolute atomic E-state index is 11.2. The Hall–Kier alpha value is -2.64. The van der Waals surface area contributed by atoms with Gasteiger partial charge in [-0.25, -0.2) is 0 Å². The minimum Gasteiger partial charge on any atom is -0.488 e. The summed E-state index contributed by atoms with van der Waals surface area (Å²) < 4.78 is 5.94. The lowest BCUT2D eigenvalue weighted by Gasteiger charge is -2.34. The summed E-state index contributed by atoms with van der Waals surface area (Å²) in [6.07, 6.45) is 4.99. The molecule has 0 amide bonds. The van der Waals surface area contributed by atoms with E-state index in [1.54, 1.807) is 6.07 Å². The summed E-state index contributed by atoms with van der Waals surface area (Å²) in [5, 5.41) is 21.9. The van der Waals surface area contributed by atoms with E-state index < -0.39 is 11.0 Å². The Kier molecular flexibility index (Phi) is 7.60. The molecule has 2 aromatic carbocycles. The lowest BCUT2D eigenvalue weighted by molar-refractivity contribution is -0.384. The fourth-order valence-electron chi connectivity index (χ4n) is 4.92. The Morgan fingerprint density at radius 2 is 1.88 bits per heavy atom. The van der Waals surface area contributed by atoms with Gasteiger partial charge in [0.15, 0.2) is 0 Å². The molecule has 0 bridgehead atoms. The number of nitro groups is 1. The van der Waals surface area contributed by atoms with Gasteiger partial charge < -0.3 is 19.6 Å². The predicted molar refractivity (Wildman–Crippen MR) is 125 cm³/mol. The van der Waals surface area contributed by atoms with E-state index in [4.69, 9.17) is 4.74 Å². The number of nitrogens with zero attached hydrogens (tertiary/aromatic N) is 3. The number of benzene rings is 2. The topological polar surface area (TPSA) is 79.1 Å². The van der Waals surface area contributed by atoms with Crippen molar-refractivity contribution in [2.24, 2.45) is 5.92 Å². The number of hydrogen-bond donors (Lipinski definition) is 1. The minimum absolute atomic E-state index is 0.0113. The molecular formula is C25H33N3O4. The van der Waals surface area contributed by atoms with Gasteiger partial charge in [-0.3, -0.25) is 10.1 Å². The highest BCUT2D eigenvalue weighted by Crippen LogP contribution is 2.34. The van der Waals surface area contributed by atoms with Crippen molar-refractivity contribution in [3.63, 3.8) is 0 Å². The van der Waals surface area contributed by atoms with E-state index in [9.17, 15) is 15.2 Å². The Balaban J connectivity index is 1.32. The number of nitro benzene ring substituents is 1. The molecule has 2 fully saturated rings. The smallest absolute Gasteiger partial charge is 0.273 e. The van der Waals surface area contributed by atoms with Crippen LogP contribution in [0, 0.1) is 16.0 Å². The van der Waals surface area contributed by atoms with Crippen LogP contribution in [0.15, 0.2) is 48.5 Å². The standard InChI is InChI=1S/C25H33N3O4/c29-23(18-26-12-6-9-21(17-26)15-20-7-2-1-3-8-20)19-32-25-16-22(28(30)31)10-11-24(25)27-13-4-5-14-27/h1-3,7-8,10-11,16,21,23,29H,4-6,9,12-15,17-19H2. The van der Waals surface area contributed by atoms with E-state index in [0.717, 1.165) is 57.5 Å². The number of rotatable bonds is 9. The zero-order valence-corrected chi connectivity index (χ0v) is 18.6. The van der Waals surface area contributed by atoms with Crippen molar-refractivity contribution in [2.45, 2.75) is 38.2 Å². The van der Waals surface area contributed by atoms with Crippen LogP contribution in [0.2, 0.25) is 0 Å². The number of aliphatic hydroxyl groups excluding tert-OH is 1. The zero-order chi connectivity index (χ0) is 22.3. The van der Waals surface area contributed by atoms with Gasteiger partial charge in [0, 0.05) is 32.2 Å². The molecule has 2 aliphatic rings. The summed E-state index contributed by atoms with van der Waals surface area (Å²) in [5.74, 6) is 1.08. The first-order valence-electron chi connectivity index (χ1n) is 11.7. The molecule has 0 radical (unpaired) electrons. The first kappa shape index (κ1) is 22.6.